The average molecular weight is 270 g/mol. The largest absolute Gasteiger partial charge is 0.496 e. The lowest BCUT2D eigenvalue weighted by atomic mass is 10.1. The molecule has 104 valence electrons. The lowest BCUT2D eigenvalue weighted by Crippen LogP contribution is -2.01. The Morgan fingerprint density at radius 2 is 1.85 bits per heavy atom. The summed E-state index contributed by atoms with van der Waals surface area (Å²) in [4.78, 5) is 10.8. The number of hydrogen-bond donors (Lipinski definition) is 0. The summed E-state index contributed by atoms with van der Waals surface area (Å²) in [6, 6.07) is 11.4. The fraction of sp³-hybridized carbons (Fsp3) is 0.235. The van der Waals surface area contributed by atoms with E-state index >= 15 is 0 Å². The lowest BCUT2D eigenvalue weighted by Gasteiger charge is -2.13. The van der Waals surface area contributed by atoms with E-state index < -0.39 is 0 Å². The molecule has 0 aliphatic heterocycles. The summed E-state index contributed by atoms with van der Waals surface area (Å²) in [5.74, 6) is 1.57. The van der Waals surface area contributed by atoms with Crippen molar-refractivity contribution in [3.63, 3.8) is 0 Å². The van der Waals surface area contributed by atoms with Crippen molar-refractivity contribution in [2.45, 2.75) is 20.5 Å². The standard InChI is InChI=1S/C17H18O3/c1-12-4-5-13(2)17(8-12)20-11-15-9-14(10-18)6-7-16(15)19-3/h4-10H,11H2,1-3H3. The molecular formula is C17H18O3. The van der Waals surface area contributed by atoms with E-state index in [9.17, 15) is 4.79 Å². The highest BCUT2D eigenvalue weighted by molar-refractivity contribution is 5.75. The summed E-state index contributed by atoms with van der Waals surface area (Å²) in [7, 11) is 1.61. The zero-order chi connectivity index (χ0) is 14.5. The molecule has 0 saturated carbocycles. The third-order valence-corrected chi connectivity index (χ3v) is 3.17. The second-order valence-electron chi connectivity index (χ2n) is 4.75. The second-order valence-corrected chi connectivity index (χ2v) is 4.75. The summed E-state index contributed by atoms with van der Waals surface area (Å²) in [6.45, 7) is 4.41. The number of rotatable bonds is 5. The molecule has 0 bridgehead atoms. The molecule has 0 aliphatic rings. The molecule has 0 N–H and O–H groups in total. The first-order valence-electron chi connectivity index (χ1n) is 6.46. The number of aldehydes is 1. The minimum Gasteiger partial charge on any atom is -0.496 e. The van der Waals surface area contributed by atoms with Gasteiger partial charge in [-0.2, -0.15) is 0 Å². The van der Waals surface area contributed by atoms with Gasteiger partial charge in [0.1, 0.15) is 24.4 Å². The van der Waals surface area contributed by atoms with E-state index in [0.29, 0.717) is 12.2 Å². The molecule has 0 atom stereocenters. The number of carbonyl (C=O) groups is 1. The van der Waals surface area contributed by atoms with Crippen LogP contribution in [0.2, 0.25) is 0 Å². The van der Waals surface area contributed by atoms with Gasteiger partial charge in [0.2, 0.25) is 0 Å². The van der Waals surface area contributed by atoms with E-state index in [4.69, 9.17) is 9.47 Å². The van der Waals surface area contributed by atoms with Crippen molar-refractivity contribution in [1.29, 1.82) is 0 Å². The van der Waals surface area contributed by atoms with Crippen molar-refractivity contribution in [2.75, 3.05) is 7.11 Å². The van der Waals surface area contributed by atoms with Gasteiger partial charge < -0.3 is 9.47 Å². The molecule has 0 fully saturated rings. The second kappa shape index (κ2) is 6.24. The molecule has 0 spiro atoms. The molecule has 0 heterocycles. The molecule has 0 amide bonds. The van der Waals surface area contributed by atoms with Gasteiger partial charge in [-0.1, -0.05) is 12.1 Å². The first kappa shape index (κ1) is 14.1. The molecule has 0 aliphatic carbocycles. The summed E-state index contributed by atoms with van der Waals surface area (Å²) < 4.78 is 11.1. The number of hydrogen-bond acceptors (Lipinski definition) is 3. The van der Waals surface area contributed by atoms with Gasteiger partial charge in [-0.05, 0) is 49.2 Å². The van der Waals surface area contributed by atoms with E-state index in [0.717, 1.165) is 34.5 Å². The Morgan fingerprint density at radius 1 is 1.05 bits per heavy atom. The van der Waals surface area contributed by atoms with Crippen LogP contribution in [0.4, 0.5) is 0 Å². The molecule has 2 rings (SSSR count). The number of ether oxygens (including phenoxy) is 2. The fourth-order valence-corrected chi connectivity index (χ4v) is 2.00. The van der Waals surface area contributed by atoms with Gasteiger partial charge in [-0.15, -0.1) is 0 Å². The van der Waals surface area contributed by atoms with Crippen molar-refractivity contribution in [3.8, 4) is 11.5 Å². The lowest BCUT2D eigenvalue weighted by molar-refractivity contribution is 0.112. The number of benzene rings is 2. The highest BCUT2D eigenvalue weighted by Crippen LogP contribution is 2.24. The Morgan fingerprint density at radius 3 is 2.55 bits per heavy atom. The third kappa shape index (κ3) is 3.18. The van der Waals surface area contributed by atoms with Crippen molar-refractivity contribution >= 4 is 6.29 Å². The predicted molar refractivity (Wildman–Crippen MR) is 78.6 cm³/mol. The quantitative estimate of drug-likeness (QED) is 0.777. The van der Waals surface area contributed by atoms with Crippen molar-refractivity contribution in [2.24, 2.45) is 0 Å². The molecule has 3 heteroatoms. The number of methoxy groups -OCH3 is 1. The first-order valence-corrected chi connectivity index (χ1v) is 6.46. The van der Waals surface area contributed by atoms with Crippen LogP contribution in [0.15, 0.2) is 36.4 Å². The zero-order valence-corrected chi connectivity index (χ0v) is 12.0. The SMILES string of the molecule is COc1ccc(C=O)cc1COc1cc(C)ccc1C. The van der Waals surface area contributed by atoms with E-state index in [1.807, 2.05) is 26.0 Å². The van der Waals surface area contributed by atoms with Crippen LogP contribution in [0.3, 0.4) is 0 Å². The minimum absolute atomic E-state index is 0.370. The van der Waals surface area contributed by atoms with Gasteiger partial charge in [-0.25, -0.2) is 0 Å². The van der Waals surface area contributed by atoms with Crippen LogP contribution in [-0.2, 0) is 6.61 Å². The Labute approximate surface area is 119 Å². The maximum absolute atomic E-state index is 10.8. The third-order valence-electron chi connectivity index (χ3n) is 3.17. The molecule has 20 heavy (non-hydrogen) atoms. The Balaban J connectivity index is 2.21. The highest BCUT2D eigenvalue weighted by Gasteiger charge is 2.07. The zero-order valence-electron chi connectivity index (χ0n) is 12.0. The Hall–Kier alpha value is -2.29. The normalized spacial score (nSPS) is 10.2. The topological polar surface area (TPSA) is 35.5 Å². The number of aryl methyl sites for hydroxylation is 2. The van der Waals surface area contributed by atoms with Gasteiger partial charge in [0, 0.05) is 11.1 Å². The average Bonchev–Trinajstić information content (AvgIpc) is 2.47. The van der Waals surface area contributed by atoms with Crippen LogP contribution in [0.5, 0.6) is 11.5 Å². The fourth-order valence-electron chi connectivity index (χ4n) is 2.00. The molecule has 0 radical (unpaired) electrons. The van der Waals surface area contributed by atoms with Crippen LogP contribution in [0.25, 0.3) is 0 Å². The van der Waals surface area contributed by atoms with Gasteiger partial charge in [0.25, 0.3) is 0 Å². The maximum Gasteiger partial charge on any atom is 0.150 e. The van der Waals surface area contributed by atoms with Crippen molar-refractivity contribution in [1.82, 2.24) is 0 Å². The predicted octanol–water partition coefficient (Wildman–Crippen LogP) is 3.70. The van der Waals surface area contributed by atoms with Gasteiger partial charge in [0.05, 0.1) is 7.11 Å². The van der Waals surface area contributed by atoms with Crippen LogP contribution in [0, 0.1) is 13.8 Å². The van der Waals surface area contributed by atoms with Gasteiger partial charge in [0.15, 0.2) is 0 Å². The van der Waals surface area contributed by atoms with Crippen LogP contribution in [0.1, 0.15) is 27.0 Å². The highest BCUT2D eigenvalue weighted by atomic mass is 16.5. The molecule has 0 aromatic heterocycles. The van der Waals surface area contributed by atoms with Crippen LogP contribution < -0.4 is 9.47 Å². The van der Waals surface area contributed by atoms with E-state index in [1.165, 1.54) is 0 Å². The van der Waals surface area contributed by atoms with E-state index in [1.54, 1.807) is 25.3 Å². The summed E-state index contributed by atoms with van der Waals surface area (Å²) in [5, 5.41) is 0. The molecule has 2 aromatic rings. The molecule has 0 saturated heterocycles. The summed E-state index contributed by atoms with van der Waals surface area (Å²) >= 11 is 0. The summed E-state index contributed by atoms with van der Waals surface area (Å²) in [6.07, 6.45) is 0.820. The van der Waals surface area contributed by atoms with Gasteiger partial charge >= 0.3 is 0 Å². The Bertz CT molecular complexity index is 618. The van der Waals surface area contributed by atoms with E-state index in [-0.39, 0.29) is 0 Å². The van der Waals surface area contributed by atoms with E-state index in [2.05, 4.69) is 6.07 Å². The first-order chi connectivity index (χ1) is 9.63. The molecule has 0 unspecified atom stereocenters. The van der Waals surface area contributed by atoms with Gasteiger partial charge in [-0.3, -0.25) is 4.79 Å². The number of carbonyl (C=O) groups excluding carboxylic acids is 1. The molecular weight excluding hydrogens is 252 g/mol. The monoisotopic (exact) mass is 270 g/mol. The van der Waals surface area contributed by atoms with Crippen LogP contribution >= 0.6 is 0 Å². The molecule has 3 nitrogen and oxygen atoms in total. The smallest absolute Gasteiger partial charge is 0.150 e. The Kier molecular flexibility index (Phi) is 4.41. The van der Waals surface area contributed by atoms with Crippen molar-refractivity contribution in [3.05, 3.63) is 58.7 Å². The summed E-state index contributed by atoms with van der Waals surface area (Å²) in [5.41, 5.74) is 3.71. The maximum atomic E-state index is 10.8. The van der Waals surface area contributed by atoms with Crippen molar-refractivity contribution < 1.29 is 14.3 Å². The molecule has 2 aromatic carbocycles. The van der Waals surface area contributed by atoms with Crippen LogP contribution in [-0.4, -0.2) is 13.4 Å². The minimum atomic E-state index is 0.370.